The molecule has 0 heterocycles. The summed E-state index contributed by atoms with van der Waals surface area (Å²) in [5.41, 5.74) is 0.539. The Balaban J connectivity index is 2.55. The topological polar surface area (TPSA) is 154 Å². The highest BCUT2D eigenvalue weighted by Gasteiger charge is 2.30. The van der Waals surface area contributed by atoms with Crippen LogP contribution in [0.25, 0.3) is 6.08 Å². The summed E-state index contributed by atoms with van der Waals surface area (Å²) in [5, 5.41) is 47.0. The Hall–Kier alpha value is -2.46. The second-order valence-corrected chi connectivity index (χ2v) is 5.07. The summed E-state index contributed by atoms with van der Waals surface area (Å²) in [7, 11) is 1.37. The van der Waals surface area contributed by atoms with Gasteiger partial charge in [0.05, 0.1) is 7.11 Å². The predicted molar refractivity (Wildman–Crippen MR) is 84.7 cm³/mol. The SMILES string of the molecule is COc1cc(C=CC(=O)OCC(O)C(O)C(O)C(O)C=O)ccc1O. The van der Waals surface area contributed by atoms with Gasteiger partial charge in [-0.1, -0.05) is 6.07 Å². The first-order valence-electron chi connectivity index (χ1n) is 7.19. The average Bonchev–Trinajstić information content (AvgIpc) is 2.63. The zero-order chi connectivity index (χ0) is 19.0. The molecule has 0 bridgehead atoms. The van der Waals surface area contributed by atoms with Crippen molar-refractivity contribution in [3.8, 4) is 11.5 Å². The van der Waals surface area contributed by atoms with Crippen molar-refractivity contribution in [3.63, 3.8) is 0 Å². The number of aldehydes is 1. The normalized spacial score (nSPS) is 16.0. The lowest BCUT2D eigenvalue weighted by Gasteiger charge is -2.23. The van der Waals surface area contributed by atoms with E-state index in [1.54, 1.807) is 0 Å². The maximum absolute atomic E-state index is 11.6. The van der Waals surface area contributed by atoms with Gasteiger partial charge in [0.25, 0.3) is 0 Å². The number of carbonyl (C=O) groups excluding carboxylic acids is 2. The molecule has 1 aromatic rings. The summed E-state index contributed by atoms with van der Waals surface area (Å²) < 4.78 is 9.61. The van der Waals surface area contributed by atoms with Gasteiger partial charge < -0.3 is 39.8 Å². The van der Waals surface area contributed by atoms with E-state index < -0.39 is 37.0 Å². The number of aliphatic hydroxyl groups is 4. The molecule has 0 amide bonds. The Labute approximate surface area is 143 Å². The molecule has 5 N–H and O–H groups in total. The molecular weight excluding hydrogens is 336 g/mol. The number of aromatic hydroxyl groups is 1. The fourth-order valence-corrected chi connectivity index (χ4v) is 1.79. The first-order valence-corrected chi connectivity index (χ1v) is 7.19. The molecule has 1 aromatic carbocycles. The maximum Gasteiger partial charge on any atom is 0.330 e. The molecular formula is C16H20O9. The Morgan fingerprint density at radius 2 is 1.88 bits per heavy atom. The van der Waals surface area contributed by atoms with Gasteiger partial charge in [-0.15, -0.1) is 0 Å². The lowest BCUT2D eigenvalue weighted by Crippen LogP contribution is -2.46. The van der Waals surface area contributed by atoms with Gasteiger partial charge in [-0.3, -0.25) is 0 Å². The number of benzene rings is 1. The highest BCUT2D eigenvalue weighted by Crippen LogP contribution is 2.26. The van der Waals surface area contributed by atoms with Gasteiger partial charge in [-0.25, -0.2) is 4.79 Å². The molecule has 138 valence electrons. The van der Waals surface area contributed by atoms with Crippen molar-refractivity contribution in [2.75, 3.05) is 13.7 Å². The third-order valence-electron chi connectivity index (χ3n) is 3.25. The van der Waals surface area contributed by atoms with Crippen molar-refractivity contribution < 1.29 is 44.6 Å². The number of hydrogen-bond donors (Lipinski definition) is 5. The maximum atomic E-state index is 11.6. The van der Waals surface area contributed by atoms with E-state index in [1.165, 1.54) is 31.4 Å². The van der Waals surface area contributed by atoms with Crippen molar-refractivity contribution in [2.45, 2.75) is 24.4 Å². The highest BCUT2D eigenvalue weighted by atomic mass is 16.5. The van der Waals surface area contributed by atoms with E-state index in [9.17, 15) is 30.0 Å². The van der Waals surface area contributed by atoms with Crippen LogP contribution < -0.4 is 4.74 Å². The van der Waals surface area contributed by atoms with Gasteiger partial charge >= 0.3 is 5.97 Å². The van der Waals surface area contributed by atoms with Gasteiger partial charge in [-0.2, -0.15) is 0 Å². The van der Waals surface area contributed by atoms with Gasteiger partial charge in [-0.05, 0) is 23.8 Å². The molecule has 0 saturated heterocycles. The summed E-state index contributed by atoms with van der Waals surface area (Å²) in [5.74, 6) is -0.684. The number of ether oxygens (including phenoxy) is 2. The molecule has 0 aliphatic carbocycles. The van der Waals surface area contributed by atoms with E-state index in [4.69, 9.17) is 14.6 Å². The molecule has 0 fully saturated rings. The Morgan fingerprint density at radius 3 is 2.48 bits per heavy atom. The molecule has 4 atom stereocenters. The molecule has 1 rings (SSSR count). The van der Waals surface area contributed by atoms with Crippen molar-refractivity contribution in [1.29, 1.82) is 0 Å². The second kappa shape index (κ2) is 9.74. The van der Waals surface area contributed by atoms with Crippen molar-refractivity contribution >= 4 is 18.3 Å². The lowest BCUT2D eigenvalue weighted by atomic mass is 10.0. The Bertz CT molecular complexity index is 614. The van der Waals surface area contributed by atoms with Crippen LogP contribution in [0.15, 0.2) is 24.3 Å². The van der Waals surface area contributed by atoms with Crippen LogP contribution in [0.4, 0.5) is 0 Å². The molecule has 0 radical (unpaired) electrons. The third kappa shape index (κ3) is 6.16. The second-order valence-electron chi connectivity index (χ2n) is 5.07. The van der Waals surface area contributed by atoms with Gasteiger partial charge in [0.15, 0.2) is 17.8 Å². The molecule has 0 aliphatic heterocycles. The van der Waals surface area contributed by atoms with E-state index in [-0.39, 0.29) is 17.8 Å². The molecule has 0 saturated carbocycles. The molecule has 0 aromatic heterocycles. The average molecular weight is 356 g/mol. The fourth-order valence-electron chi connectivity index (χ4n) is 1.79. The quantitative estimate of drug-likeness (QED) is 0.204. The number of methoxy groups -OCH3 is 1. The standard InChI is InChI=1S/C16H20O9/c1-24-13-6-9(2-4-10(13)18)3-5-14(21)25-8-12(20)16(23)15(22)11(19)7-17/h2-7,11-12,15-16,18-20,22-23H,8H2,1H3. The number of esters is 1. The minimum absolute atomic E-state index is 0.00127. The number of aliphatic hydroxyl groups excluding tert-OH is 4. The van der Waals surface area contributed by atoms with E-state index >= 15 is 0 Å². The first kappa shape index (κ1) is 20.6. The molecule has 0 aliphatic rings. The third-order valence-corrected chi connectivity index (χ3v) is 3.25. The number of rotatable bonds is 9. The molecule has 9 nitrogen and oxygen atoms in total. The Kier molecular flexibility index (Phi) is 8.02. The number of phenols is 1. The smallest absolute Gasteiger partial charge is 0.330 e. The van der Waals surface area contributed by atoms with Gasteiger partial charge in [0.1, 0.15) is 31.0 Å². The summed E-state index contributed by atoms with van der Waals surface area (Å²) in [4.78, 5) is 21.9. The Morgan fingerprint density at radius 1 is 1.20 bits per heavy atom. The van der Waals surface area contributed by atoms with E-state index in [2.05, 4.69) is 0 Å². The lowest BCUT2D eigenvalue weighted by molar-refractivity contribution is -0.151. The van der Waals surface area contributed by atoms with E-state index in [0.717, 1.165) is 6.08 Å². The summed E-state index contributed by atoms with van der Waals surface area (Å²) in [6.07, 6.45) is -4.94. The molecule has 9 heteroatoms. The fraction of sp³-hybridized carbons (Fsp3) is 0.375. The largest absolute Gasteiger partial charge is 0.504 e. The van der Waals surface area contributed by atoms with Crippen LogP contribution in [0.2, 0.25) is 0 Å². The number of carbonyl (C=O) groups is 2. The zero-order valence-electron chi connectivity index (χ0n) is 13.3. The van der Waals surface area contributed by atoms with Crippen LogP contribution >= 0.6 is 0 Å². The molecule has 4 unspecified atom stereocenters. The first-order chi connectivity index (χ1) is 11.8. The van der Waals surface area contributed by atoms with E-state index in [1.807, 2.05) is 0 Å². The van der Waals surface area contributed by atoms with Gasteiger partial charge in [0.2, 0.25) is 0 Å². The highest BCUT2D eigenvalue weighted by molar-refractivity contribution is 5.87. The summed E-state index contributed by atoms with van der Waals surface area (Å²) in [6, 6.07) is 4.38. The zero-order valence-corrected chi connectivity index (χ0v) is 13.3. The van der Waals surface area contributed by atoms with Crippen LogP contribution in [-0.4, -0.2) is 75.9 Å². The number of hydrogen-bond acceptors (Lipinski definition) is 9. The van der Waals surface area contributed by atoms with Crippen LogP contribution in [0.5, 0.6) is 11.5 Å². The van der Waals surface area contributed by atoms with Crippen LogP contribution in [0.1, 0.15) is 5.56 Å². The van der Waals surface area contributed by atoms with Crippen molar-refractivity contribution in [1.82, 2.24) is 0 Å². The van der Waals surface area contributed by atoms with Crippen LogP contribution in [0, 0.1) is 0 Å². The van der Waals surface area contributed by atoms with Crippen LogP contribution in [0.3, 0.4) is 0 Å². The van der Waals surface area contributed by atoms with Gasteiger partial charge in [0, 0.05) is 6.08 Å². The van der Waals surface area contributed by atoms with Crippen LogP contribution in [-0.2, 0) is 14.3 Å². The predicted octanol–water partition coefficient (Wildman–Crippen LogP) is -1.40. The molecule has 0 spiro atoms. The van der Waals surface area contributed by atoms with E-state index in [0.29, 0.717) is 5.56 Å². The summed E-state index contributed by atoms with van der Waals surface area (Å²) >= 11 is 0. The summed E-state index contributed by atoms with van der Waals surface area (Å²) in [6.45, 7) is -0.661. The minimum atomic E-state index is -1.91. The number of phenolic OH excluding ortho intramolecular Hbond substituents is 1. The minimum Gasteiger partial charge on any atom is -0.504 e. The molecule has 25 heavy (non-hydrogen) atoms. The van der Waals surface area contributed by atoms with Crippen molar-refractivity contribution in [3.05, 3.63) is 29.8 Å². The monoisotopic (exact) mass is 356 g/mol. The van der Waals surface area contributed by atoms with Crippen molar-refractivity contribution in [2.24, 2.45) is 0 Å².